The predicted octanol–water partition coefficient (Wildman–Crippen LogP) is 5.88. The van der Waals surface area contributed by atoms with Gasteiger partial charge in [0.05, 0.1) is 14.2 Å². The zero-order chi connectivity index (χ0) is 26.5. The molecule has 0 fully saturated rings. The summed E-state index contributed by atoms with van der Waals surface area (Å²) in [5.41, 5.74) is 5.18. The quantitative estimate of drug-likeness (QED) is 0.303. The highest BCUT2D eigenvalue weighted by molar-refractivity contribution is 7.99. The van der Waals surface area contributed by atoms with E-state index in [1.54, 1.807) is 26.0 Å². The van der Waals surface area contributed by atoms with Gasteiger partial charge in [-0.15, -0.1) is 0 Å². The Morgan fingerprint density at radius 3 is 2.38 bits per heavy atom. The summed E-state index contributed by atoms with van der Waals surface area (Å²) in [7, 11) is 3.21. The molecule has 0 spiro atoms. The zero-order valence-corrected chi connectivity index (χ0v) is 23.0. The molecular weight excluding hydrogens is 486 g/mol. The van der Waals surface area contributed by atoms with Crippen LogP contribution in [0.4, 0.5) is 0 Å². The molecule has 1 aliphatic carbocycles. The summed E-state index contributed by atoms with van der Waals surface area (Å²) in [4.78, 5) is 32.0. The molecule has 0 bridgehead atoms. The molecule has 2 aliphatic rings. The van der Waals surface area contributed by atoms with E-state index in [0.717, 1.165) is 33.9 Å². The van der Waals surface area contributed by atoms with E-state index in [4.69, 9.17) is 19.2 Å². The minimum absolute atomic E-state index is 0.0298. The largest absolute Gasteiger partial charge is 0.493 e. The number of ether oxygens (including phenoxy) is 3. The first-order valence-corrected chi connectivity index (χ1v) is 13.9. The third-order valence-electron chi connectivity index (χ3n) is 7.13. The van der Waals surface area contributed by atoms with Gasteiger partial charge in [0.1, 0.15) is 12.5 Å². The lowest BCUT2D eigenvalue weighted by atomic mass is 9.69. The van der Waals surface area contributed by atoms with Crippen LogP contribution in [-0.4, -0.2) is 49.8 Å². The molecule has 0 amide bonds. The minimum atomic E-state index is -0.616. The van der Waals surface area contributed by atoms with Gasteiger partial charge in [0, 0.05) is 35.1 Å². The first-order valence-electron chi connectivity index (χ1n) is 12.7. The summed E-state index contributed by atoms with van der Waals surface area (Å²) in [6, 6.07) is 13.9. The number of hydrogen-bond acceptors (Lipinski definition) is 7. The third kappa shape index (κ3) is 5.77. The predicted molar refractivity (Wildman–Crippen MR) is 148 cm³/mol. The van der Waals surface area contributed by atoms with Gasteiger partial charge < -0.3 is 14.2 Å². The fourth-order valence-corrected chi connectivity index (χ4v) is 5.77. The van der Waals surface area contributed by atoms with Gasteiger partial charge in [0.25, 0.3) is 0 Å². The molecule has 0 radical (unpaired) electrons. The van der Waals surface area contributed by atoms with Crippen LogP contribution in [0.3, 0.4) is 0 Å². The van der Waals surface area contributed by atoms with E-state index >= 15 is 0 Å². The second kappa shape index (κ2) is 12.0. The Morgan fingerprint density at radius 1 is 1.00 bits per heavy atom. The number of allylic oxidation sites excluding steroid dienone is 2. The lowest BCUT2D eigenvalue weighted by Crippen LogP contribution is -2.38. The average molecular weight is 522 g/mol. The monoisotopic (exact) mass is 521 g/mol. The van der Waals surface area contributed by atoms with Gasteiger partial charge >= 0.3 is 5.97 Å². The number of Topliss-reactive ketones (excluding diaryl/α,β-unsaturated/α-hetero) is 1. The number of aryl methyl sites for hydroxylation is 1. The Labute approximate surface area is 223 Å². The van der Waals surface area contributed by atoms with Crippen LogP contribution in [0.5, 0.6) is 11.5 Å². The zero-order valence-electron chi connectivity index (χ0n) is 22.2. The van der Waals surface area contributed by atoms with Gasteiger partial charge in [0.15, 0.2) is 17.3 Å². The number of carbonyl (C=O) groups is 2. The number of benzene rings is 2. The van der Waals surface area contributed by atoms with Crippen molar-refractivity contribution in [1.82, 2.24) is 0 Å². The molecule has 2 aromatic rings. The number of thioether (sulfide) groups is 1. The molecule has 1 heterocycles. The van der Waals surface area contributed by atoms with Crippen LogP contribution in [0.2, 0.25) is 0 Å². The fraction of sp³-hybridized carbons (Fsp3) is 0.433. The number of methoxy groups -OCH3 is 2. The van der Waals surface area contributed by atoms with E-state index in [1.165, 1.54) is 0 Å². The highest BCUT2D eigenvalue weighted by Crippen LogP contribution is 2.47. The highest BCUT2D eigenvalue weighted by Gasteiger charge is 2.44. The molecule has 1 unspecified atom stereocenters. The average Bonchev–Trinajstić information content (AvgIpc) is 2.90. The van der Waals surface area contributed by atoms with Crippen molar-refractivity contribution in [1.29, 1.82) is 0 Å². The number of aliphatic imine (C=N–C) groups is 1. The van der Waals surface area contributed by atoms with Crippen molar-refractivity contribution >= 4 is 29.2 Å². The topological polar surface area (TPSA) is 74.2 Å². The molecule has 0 saturated carbocycles. The van der Waals surface area contributed by atoms with Crippen LogP contribution >= 0.6 is 11.8 Å². The third-order valence-corrected chi connectivity index (χ3v) is 8.00. The molecule has 7 heteroatoms. The van der Waals surface area contributed by atoms with Crippen molar-refractivity contribution in [3.05, 3.63) is 70.4 Å². The van der Waals surface area contributed by atoms with Crippen LogP contribution in [0.25, 0.3) is 0 Å². The van der Waals surface area contributed by atoms with Crippen molar-refractivity contribution in [2.24, 2.45) is 10.9 Å². The highest BCUT2D eigenvalue weighted by atomic mass is 32.2. The molecule has 2 aromatic carbocycles. The van der Waals surface area contributed by atoms with E-state index in [-0.39, 0.29) is 17.7 Å². The van der Waals surface area contributed by atoms with Crippen molar-refractivity contribution < 1.29 is 23.8 Å². The molecule has 37 heavy (non-hydrogen) atoms. The van der Waals surface area contributed by atoms with Crippen molar-refractivity contribution in [2.45, 2.75) is 45.4 Å². The van der Waals surface area contributed by atoms with E-state index in [2.05, 4.69) is 6.92 Å². The first kappa shape index (κ1) is 27.0. The molecule has 196 valence electrons. The second-order valence-electron chi connectivity index (χ2n) is 9.49. The number of nitrogens with zero attached hydrogens (tertiary/aromatic N) is 1. The van der Waals surface area contributed by atoms with Gasteiger partial charge in [-0.1, -0.05) is 42.8 Å². The van der Waals surface area contributed by atoms with Crippen molar-refractivity contribution in [3.63, 3.8) is 0 Å². The van der Waals surface area contributed by atoms with Gasteiger partial charge in [-0.25, -0.2) is 0 Å². The van der Waals surface area contributed by atoms with Crippen LogP contribution in [0, 0.1) is 12.8 Å². The lowest BCUT2D eigenvalue weighted by Gasteiger charge is -2.36. The molecule has 0 N–H and O–H groups in total. The molecular formula is C30H35NO5S. The Balaban J connectivity index is 1.70. The van der Waals surface area contributed by atoms with E-state index in [1.807, 2.05) is 56.3 Å². The molecule has 4 rings (SSSR count). The Morgan fingerprint density at radius 2 is 1.70 bits per heavy atom. The summed E-state index contributed by atoms with van der Waals surface area (Å²) < 4.78 is 16.5. The van der Waals surface area contributed by atoms with Crippen molar-refractivity contribution in [3.8, 4) is 11.5 Å². The SMILES string of the molecule is CCSCCOC(=O)C1C(C)=NC2=C(C(=O)C[C@@H](c3ccc(OC)c(OC)c3)C2)[C@@H]1c1ccc(C)cc1. The maximum Gasteiger partial charge on any atom is 0.315 e. The summed E-state index contributed by atoms with van der Waals surface area (Å²) >= 11 is 1.73. The number of ketones is 1. The summed E-state index contributed by atoms with van der Waals surface area (Å²) in [6.45, 7) is 6.33. The van der Waals surface area contributed by atoms with Crippen LogP contribution in [0.1, 0.15) is 55.2 Å². The lowest BCUT2D eigenvalue weighted by molar-refractivity contribution is -0.145. The van der Waals surface area contributed by atoms with Gasteiger partial charge in [-0.05, 0) is 55.2 Å². The molecule has 0 aromatic heterocycles. The first-order chi connectivity index (χ1) is 17.9. The van der Waals surface area contributed by atoms with Gasteiger partial charge in [0.2, 0.25) is 0 Å². The molecule has 1 aliphatic heterocycles. The number of esters is 1. The summed E-state index contributed by atoms with van der Waals surface area (Å²) in [5.74, 6) is 1.67. The Kier molecular flexibility index (Phi) is 8.75. The molecule has 6 nitrogen and oxygen atoms in total. The van der Waals surface area contributed by atoms with Gasteiger partial charge in [-0.2, -0.15) is 11.8 Å². The van der Waals surface area contributed by atoms with E-state index < -0.39 is 11.8 Å². The van der Waals surface area contributed by atoms with Crippen LogP contribution < -0.4 is 9.47 Å². The maximum atomic E-state index is 13.8. The molecule has 3 atom stereocenters. The Bertz CT molecular complexity index is 1220. The molecule has 0 saturated heterocycles. The normalized spacial score (nSPS) is 21.3. The minimum Gasteiger partial charge on any atom is -0.493 e. The second-order valence-corrected chi connectivity index (χ2v) is 10.9. The van der Waals surface area contributed by atoms with Crippen molar-refractivity contribution in [2.75, 3.05) is 32.3 Å². The van der Waals surface area contributed by atoms with E-state index in [9.17, 15) is 9.59 Å². The Hall–Kier alpha value is -3.06. The number of carbonyl (C=O) groups excluding carboxylic acids is 2. The fourth-order valence-electron chi connectivity index (χ4n) is 5.28. The smallest absolute Gasteiger partial charge is 0.315 e. The maximum absolute atomic E-state index is 13.8. The van der Waals surface area contributed by atoms with E-state index in [0.29, 0.717) is 42.2 Å². The van der Waals surface area contributed by atoms with Crippen LogP contribution in [-0.2, 0) is 14.3 Å². The van der Waals surface area contributed by atoms with Gasteiger partial charge in [-0.3, -0.25) is 14.6 Å². The number of hydrogen-bond donors (Lipinski definition) is 0. The summed E-state index contributed by atoms with van der Waals surface area (Å²) in [5, 5.41) is 0. The number of rotatable bonds is 9. The van der Waals surface area contributed by atoms with Crippen LogP contribution in [0.15, 0.2) is 58.7 Å². The standard InChI is InChI=1S/C30H35NO5S/c1-6-37-14-13-36-30(33)27-19(3)31-23-15-22(21-11-12-25(34-4)26(17-21)35-5)16-24(32)29(23)28(27)20-9-7-18(2)8-10-20/h7-12,17,22,27-28H,6,13-16H2,1-5H3/t22-,27?,28+/m0/s1. The summed E-state index contributed by atoms with van der Waals surface area (Å²) in [6.07, 6.45) is 0.964.